The molecule has 0 aromatic heterocycles. The zero-order chi connectivity index (χ0) is 12.3. The van der Waals surface area contributed by atoms with Crippen LogP contribution < -0.4 is 10.5 Å². The van der Waals surface area contributed by atoms with Crippen molar-refractivity contribution < 1.29 is 4.74 Å². The fraction of sp³-hybridized carbons (Fsp3) is 0.143. The molecule has 3 heteroatoms. The van der Waals surface area contributed by atoms with Crippen LogP contribution in [-0.4, -0.2) is 0 Å². The Balaban J connectivity index is 2.04. The minimum Gasteiger partial charge on any atom is -0.489 e. The lowest BCUT2D eigenvalue weighted by Crippen LogP contribution is -1.97. The van der Waals surface area contributed by atoms with Crippen molar-refractivity contribution in [1.82, 2.24) is 0 Å². The smallest absolute Gasteiger partial charge is 0.119 e. The molecule has 0 heterocycles. The molecule has 0 aliphatic heterocycles. The van der Waals surface area contributed by atoms with Crippen LogP contribution in [0, 0.1) is 6.92 Å². The molecule has 0 saturated heterocycles. The largest absolute Gasteiger partial charge is 0.489 e. The maximum absolute atomic E-state index is 5.70. The van der Waals surface area contributed by atoms with Crippen molar-refractivity contribution in [3.8, 4) is 5.75 Å². The molecule has 2 nitrogen and oxygen atoms in total. The summed E-state index contributed by atoms with van der Waals surface area (Å²) in [6, 6.07) is 13.7. The highest BCUT2D eigenvalue weighted by atomic mass is 79.9. The monoisotopic (exact) mass is 291 g/mol. The highest BCUT2D eigenvalue weighted by molar-refractivity contribution is 9.10. The Morgan fingerprint density at radius 3 is 2.47 bits per heavy atom. The van der Waals surface area contributed by atoms with E-state index in [0.29, 0.717) is 6.61 Å². The van der Waals surface area contributed by atoms with Crippen LogP contribution >= 0.6 is 15.9 Å². The second kappa shape index (κ2) is 5.23. The first-order valence-corrected chi connectivity index (χ1v) is 6.18. The second-order valence-corrected chi connectivity index (χ2v) is 4.81. The molecule has 17 heavy (non-hydrogen) atoms. The van der Waals surface area contributed by atoms with Crippen molar-refractivity contribution in [1.29, 1.82) is 0 Å². The first-order chi connectivity index (χ1) is 8.15. The Hall–Kier alpha value is -1.48. The van der Waals surface area contributed by atoms with Gasteiger partial charge in [-0.15, -0.1) is 0 Å². The van der Waals surface area contributed by atoms with E-state index in [0.717, 1.165) is 21.5 Å². The first-order valence-electron chi connectivity index (χ1n) is 5.38. The minimum absolute atomic E-state index is 0.532. The number of halogens is 1. The summed E-state index contributed by atoms with van der Waals surface area (Å²) in [5.41, 5.74) is 8.74. The molecule has 2 rings (SSSR count). The van der Waals surface area contributed by atoms with Crippen molar-refractivity contribution in [3.63, 3.8) is 0 Å². The number of hydrogen-bond acceptors (Lipinski definition) is 2. The van der Waals surface area contributed by atoms with Crippen molar-refractivity contribution in [2.75, 3.05) is 5.73 Å². The molecule has 0 radical (unpaired) electrons. The van der Waals surface area contributed by atoms with Gasteiger partial charge in [-0.2, -0.15) is 0 Å². The van der Waals surface area contributed by atoms with E-state index in [2.05, 4.69) is 22.9 Å². The summed E-state index contributed by atoms with van der Waals surface area (Å²) in [5, 5.41) is 0. The lowest BCUT2D eigenvalue weighted by molar-refractivity contribution is 0.305. The van der Waals surface area contributed by atoms with Crippen molar-refractivity contribution in [2.24, 2.45) is 0 Å². The van der Waals surface area contributed by atoms with E-state index >= 15 is 0 Å². The van der Waals surface area contributed by atoms with Crippen molar-refractivity contribution in [3.05, 3.63) is 58.1 Å². The van der Waals surface area contributed by atoms with E-state index in [1.807, 2.05) is 42.5 Å². The number of hydrogen-bond donors (Lipinski definition) is 1. The third kappa shape index (κ3) is 3.24. The molecular weight excluding hydrogens is 278 g/mol. The van der Waals surface area contributed by atoms with Gasteiger partial charge in [-0.05, 0) is 31.2 Å². The molecule has 0 atom stereocenters. The van der Waals surface area contributed by atoms with Gasteiger partial charge >= 0.3 is 0 Å². The quantitative estimate of drug-likeness (QED) is 0.870. The average molecular weight is 292 g/mol. The lowest BCUT2D eigenvalue weighted by atomic mass is 10.2. The lowest BCUT2D eigenvalue weighted by Gasteiger charge is -2.08. The number of nitrogen functional groups attached to an aromatic ring is 1. The highest BCUT2D eigenvalue weighted by Gasteiger charge is 2.01. The zero-order valence-electron chi connectivity index (χ0n) is 9.61. The highest BCUT2D eigenvalue weighted by Crippen LogP contribution is 2.22. The third-order valence-corrected chi connectivity index (χ3v) is 3.23. The van der Waals surface area contributed by atoms with Gasteiger partial charge in [0.2, 0.25) is 0 Å². The number of benzene rings is 2. The predicted molar refractivity (Wildman–Crippen MR) is 74.1 cm³/mol. The number of rotatable bonds is 3. The van der Waals surface area contributed by atoms with Crippen LogP contribution in [0.2, 0.25) is 0 Å². The molecular formula is C14H14BrNO. The second-order valence-electron chi connectivity index (χ2n) is 3.95. The van der Waals surface area contributed by atoms with E-state index in [1.165, 1.54) is 5.56 Å². The Bertz CT molecular complexity index is 508. The molecule has 0 aliphatic carbocycles. The zero-order valence-corrected chi connectivity index (χ0v) is 11.2. The summed E-state index contributed by atoms with van der Waals surface area (Å²) >= 11 is 3.47. The normalized spacial score (nSPS) is 10.2. The van der Waals surface area contributed by atoms with E-state index in [4.69, 9.17) is 10.5 Å². The molecule has 88 valence electrons. The van der Waals surface area contributed by atoms with Crippen molar-refractivity contribution >= 4 is 21.6 Å². The summed E-state index contributed by atoms with van der Waals surface area (Å²) in [4.78, 5) is 0. The Morgan fingerprint density at radius 2 is 1.82 bits per heavy atom. The van der Waals surface area contributed by atoms with Gasteiger partial charge in [0.15, 0.2) is 0 Å². The molecule has 0 amide bonds. The fourth-order valence-electron chi connectivity index (χ4n) is 1.48. The molecule has 2 N–H and O–H groups in total. The molecule has 0 bridgehead atoms. The van der Waals surface area contributed by atoms with Crippen LogP contribution in [0.25, 0.3) is 0 Å². The Kier molecular flexibility index (Phi) is 3.69. The molecule has 2 aromatic carbocycles. The van der Waals surface area contributed by atoms with Crippen molar-refractivity contribution in [2.45, 2.75) is 13.5 Å². The Labute approximate surface area is 110 Å². The van der Waals surface area contributed by atoms with E-state index in [1.54, 1.807) is 0 Å². The molecule has 0 spiro atoms. The average Bonchev–Trinajstić information content (AvgIpc) is 2.30. The van der Waals surface area contributed by atoms with Crippen LogP contribution in [0.5, 0.6) is 5.75 Å². The van der Waals surface area contributed by atoms with E-state index in [9.17, 15) is 0 Å². The first kappa shape index (κ1) is 12.0. The van der Waals surface area contributed by atoms with Crippen LogP contribution in [-0.2, 0) is 6.61 Å². The van der Waals surface area contributed by atoms with Gasteiger partial charge in [-0.25, -0.2) is 0 Å². The maximum atomic E-state index is 5.70. The van der Waals surface area contributed by atoms with Gasteiger partial charge in [-0.3, -0.25) is 0 Å². The number of aryl methyl sites for hydroxylation is 1. The summed E-state index contributed by atoms with van der Waals surface area (Å²) < 4.78 is 6.67. The number of anilines is 1. The maximum Gasteiger partial charge on any atom is 0.119 e. The van der Waals surface area contributed by atoms with E-state index in [-0.39, 0.29) is 0 Å². The molecule has 0 saturated carbocycles. The summed E-state index contributed by atoms with van der Waals surface area (Å²) in [7, 11) is 0. The summed E-state index contributed by atoms with van der Waals surface area (Å²) in [5.74, 6) is 0.874. The van der Waals surface area contributed by atoms with Crippen LogP contribution in [0.3, 0.4) is 0 Å². The number of ether oxygens (including phenoxy) is 1. The van der Waals surface area contributed by atoms with Gasteiger partial charge in [0.05, 0.1) is 0 Å². The van der Waals surface area contributed by atoms with Gasteiger partial charge in [0, 0.05) is 15.7 Å². The van der Waals surface area contributed by atoms with Gasteiger partial charge < -0.3 is 10.5 Å². The standard InChI is InChI=1S/C14H14BrNO/c1-10-2-6-13(7-3-10)17-9-11-4-5-12(16)8-14(11)15/h2-8H,9,16H2,1H3. The van der Waals surface area contributed by atoms with Gasteiger partial charge in [0.25, 0.3) is 0 Å². The van der Waals surface area contributed by atoms with Crippen LogP contribution in [0.15, 0.2) is 46.9 Å². The van der Waals surface area contributed by atoms with Gasteiger partial charge in [-0.1, -0.05) is 39.7 Å². The molecule has 2 aromatic rings. The summed E-state index contributed by atoms with van der Waals surface area (Å²) in [6.07, 6.45) is 0. The topological polar surface area (TPSA) is 35.2 Å². The summed E-state index contributed by atoms with van der Waals surface area (Å²) in [6.45, 7) is 2.59. The minimum atomic E-state index is 0.532. The third-order valence-electron chi connectivity index (χ3n) is 2.49. The van der Waals surface area contributed by atoms with E-state index < -0.39 is 0 Å². The van der Waals surface area contributed by atoms with Crippen LogP contribution in [0.1, 0.15) is 11.1 Å². The number of nitrogens with two attached hydrogens (primary N) is 1. The molecule has 0 unspecified atom stereocenters. The molecule has 0 aliphatic rings. The fourth-order valence-corrected chi connectivity index (χ4v) is 1.99. The predicted octanol–water partition coefficient (Wildman–Crippen LogP) is 3.92. The Morgan fingerprint density at radius 1 is 1.12 bits per heavy atom. The van der Waals surface area contributed by atoms with Crippen LogP contribution in [0.4, 0.5) is 5.69 Å². The SMILES string of the molecule is Cc1ccc(OCc2ccc(N)cc2Br)cc1. The molecule has 0 fully saturated rings. The van der Waals surface area contributed by atoms with Gasteiger partial charge in [0.1, 0.15) is 12.4 Å².